The number of nitrogens with one attached hydrogen (secondary N) is 1. The third-order valence-electron chi connectivity index (χ3n) is 5.88. The minimum absolute atomic E-state index is 0.158. The number of carbonyl (C=O) groups is 2. The summed E-state index contributed by atoms with van der Waals surface area (Å²) in [6.45, 7) is 6.19. The number of halogens is 1. The van der Waals surface area contributed by atoms with Crippen molar-refractivity contribution in [3.8, 4) is 0 Å². The number of anilines is 1. The lowest BCUT2D eigenvalue weighted by Gasteiger charge is -2.36. The summed E-state index contributed by atoms with van der Waals surface area (Å²) >= 11 is 4.17. The number of thiazole rings is 1. The monoisotopic (exact) mass is 525 g/mol. The molecule has 1 aliphatic rings. The average molecular weight is 526 g/mol. The maximum Gasteiger partial charge on any atom is 0.323 e. The van der Waals surface area contributed by atoms with Crippen LogP contribution in [-0.2, 0) is 4.79 Å². The summed E-state index contributed by atoms with van der Waals surface area (Å²) in [5.74, 6) is 0.383. The number of carbonyl (C=O) groups excluding carboxylic acids is 1. The smallest absolute Gasteiger partial charge is 0.323 e. The molecule has 2 aromatic rings. The van der Waals surface area contributed by atoms with Crippen LogP contribution in [0.2, 0.25) is 0 Å². The van der Waals surface area contributed by atoms with Crippen molar-refractivity contribution >= 4 is 52.0 Å². The normalized spacial score (nSPS) is 18.5. The predicted molar refractivity (Wildman–Crippen MR) is 139 cm³/mol. The van der Waals surface area contributed by atoms with Gasteiger partial charge in [-0.1, -0.05) is 30.0 Å². The van der Waals surface area contributed by atoms with Crippen molar-refractivity contribution in [2.75, 3.05) is 17.6 Å². The highest BCUT2D eigenvalue weighted by molar-refractivity contribution is 8.03. The first-order valence-electron chi connectivity index (χ1n) is 11.5. The standard InChI is InChI=1S/C24H32FN3O3S3/c1-16-5-9-18(10-6-16)28(13-4-14-32-19-11-7-17(25)8-12-19)23(31)27-22-26-15-20(33-22)34-24(2,3)21(29)30/h7-8,11-12,15-16,18H,4-6,9-10,13-14H2,1-3H3,(H,29,30)(H,26,27,31)/t16-,18-. The molecule has 0 radical (unpaired) electrons. The molecule has 0 saturated heterocycles. The van der Waals surface area contributed by atoms with Crippen molar-refractivity contribution in [3.05, 3.63) is 36.3 Å². The molecule has 2 N–H and O–H groups in total. The van der Waals surface area contributed by atoms with Gasteiger partial charge >= 0.3 is 12.0 Å². The zero-order valence-electron chi connectivity index (χ0n) is 19.8. The minimum Gasteiger partial charge on any atom is -0.480 e. The zero-order chi connectivity index (χ0) is 24.7. The molecule has 3 rings (SSSR count). The topological polar surface area (TPSA) is 82.5 Å². The lowest BCUT2D eigenvalue weighted by Crippen LogP contribution is -2.45. The van der Waals surface area contributed by atoms with Gasteiger partial charge in [0.2, 0.25) is 0 Å². The maximum atomic E-state index is 13.2. The van der Waals surface area contributed by atoms with Gasteiger partial charge in [0, 0.05) is 17.5 Å². The van der Waals surface area contributed by atoms with Gasteiger partial charge in [-0.25, -0.2) is 14.2 Å². The van der Waals surface area contributed by atoms with Gasteiger partial charge in [-0.15, -0.1) is 11.8 Å². The number of amides is 2. The molecule has 0 unspecified atom stereocenters. The number of hydrogen-bond donors (Lipinski definition) is 2. The van der Waals surface area contributed by atoms with E-state index in [4.69, 9.17) is 0 Å². The van der Waals surface area contributed by atoms with Gasteiger partial charge in [0.1, 0.15) is 10.6 Å². The number of urea groups is 1. The summed E-state index contributed by atoms with van der Waals surface area (Å²) in [4.78, 5) is 31.9. The van der Waals surface area contributed by atoms with Crippen LogP contribution < -0.4 is 5.32 Å². The van der Waals surface area contributed by atoms with E-state index in [1.807, 2.05) is 4.90 Å². The van der Waals surface area contributed by atoms with Crippen LogP contribution in [0.5, 0.6) is 0 Å². The Kier molecular flexibility index (Phi) is 9.67. The molecule has 1 aromatic heterocycles. The van der Waals surface area contributed by atoms with E-state index < -0.39 is 10.7 Å². The van der Waals surface area contributed by atoms with Crippen LogP contribution in [0.4, 0.5) is 14.3 Å². The van der Waals surface area contributed by atoms with Gasteiger partial charge in [-0.05, 0) is 81.9 Å². The predicted octanol–water partition coefficient (Wildman–Crippen LogP) is 6.83. The number of rotatable bonds is 10. The second kappa shape index (κ2) is 12.3. The van der Waals surface area contributed by atoms with Crippen LogP contribution in [0.1, 0.15) is 52.9 Å². The molecule has 1 fully saturated rings. The van der Waals surface area contributed by atoms with Crippen molar-refractivity contribution < 1.29 is 19.1 Å². The highest BCUT2D eigenvalue weighted by atomic mass is 32.2. The molecule has 186 valence electrons. The second-order valence-corrected chi connectivity index (χ2v) is 13.2. The molecule has 34 heavy (non-hydrogen) atoms. The Morgan fingerprint density at radius 3 is 2.56 bits per heavy atom. The first-order valence-corrected chi connectivity index (χ1v) is 14.1. The molecule has 1 saturated carbocycles. The fourth-order valence-corrected chi connectivity index (χ4v) is 6.88. The van der Waals surface area contributed by atoms with E-state index in [0.717, 1.165) is 47.0 Å². The summed E-state index contributed by atoms with van der Waals surface area (Å²) < 4.78 is 12.9. The van der Waals surface area contributed by atoms with Crippen LogP contribution in [0.15, 0.2) is 39.6 Å². The first kappa shape index (κ1) is 26.8. The van der Waals surface area contributed by atoms with Crippen LogP contribution in [0.3, 0.4) is 0 Å². The van der Waals surface area contributed by atoms with Gasteiger partial charge in [-0.3, -0.25) is 10.1 Å². The lowest BCUT2D eigenvalue weighted by atomic mass is 9.86. The number of carboxylic acid groups (broad SMARTS) is 1. The van der Waals surface area contributed by atoms with Gasteiger partial charge in [0.25, 0.3) is 0 Å². The summed E-state index contributed by atoms with van der Waals surface area (Å²) in [6, 6.07) is 6.52. The Morgan fingerprint density at radius 1 is 1.24 bits per heavy atom. The molecule has 0 bridgehead atoms. The maximum absolute atomic E-state index is 13.2. The third kappa shape index (κ3) is 7.88. The molecule has 1 heterocycles. The number of hydrogen-bond acceptors (Lipinski definition) is 6. The van der Waals surface area contributed by atoms with E-state index in [-0.39, 0.29) is 17.9 Å². The number of aromatic nitrogens is 1. The molecular formula is C24H32FN3O3S3. The second-order valence-electron chi connectivity index (χ2n) is 9.10. The SMILES string of the molecule is CC(C)(Sc1cnc(NC(=O)N(CCCSc2ccc(F)cc2)[C@H]2CC[C@H](C)CC2)s1)C(=O)O. The van der Waals surface area contributed by atoms with Gasteiger partial charge in [0.15, 0.2) is 5.13 Å². The van der Waals surface area contributed by atoms with E-state index in [1.54, 1.807) is 43.9 Å². The number of nitrogens with zero attached hydrogens (tertiary/aromatic N) is 2. The van der Waals surface area contributed by atoms with E-state index in [1.165, 1.54) is 35.2 Å². The van der Waals surface area contributed by atoms with E-state index in [2.05, 4.69) is 17.2 Å². The van der Waals surface area contributed by atoms with Crippen LogP contribution in [0.25, 0.3) is 0 Å². The van der Waals surface area contributed by atoms with Gasteiger partial charge in [-0.2, -0.15) is 0 Å². The Morgan fingerprint density at radius 2 is 1.91 bits per heavy atom. The molecule has 6 nitrogen and oxygen atoms in total. The Bertz CT molecular complexity index is 960. The Hall–Kier alpha value is -1.78. The summed E-state index contributed by atoms with van der Waals surface area (Å²) in [6.07, 6.45) is 6.65. The Balaban J connectivity index is 1.59. The van der Waals surface area contributed by atoms with Crippen molar-refractivity contribution in [2.24, 2.45) is 5.92 Å². The molecule has 2 amide bonds. The first-order chi connectivity index (χ1) is 16.1. The van der Waals surface area contributed by atoms with Crippen LogP contribution in [0, 0.1) is 11.7 Å². The number of carboxylic acids is 1. The largest absolute Gasteiger partial charge is 0.480 e. The molecule has 1 aromatic carbocycles. The fraction of sp³-hybridized carbons (Fsp3) is 0.542. The third-order valence-corrected chi connectivity index (χ3v) is 9.18. The summed E-state index contributed by atoms with van der Waals surface area (Å²) in [7, 11) is 0. The van der Waals surface area contributed by atoms with Crippen LogP contribution >= 0.6 is 34.9 Å². The number of benzene rings is 1. The molecular weight excluding hydrogens is 493 g/mol. The highest BCUT2D eigenvalue weighted by Gasteiger charge is 2.30. The molecule has 0 atom stereocenters. The number of aliphatic carboxylic acids is 1. The van der Waals surface area contributed by atoms with E-state index in [9.17, 15) is 19.1 Å². The molecule has 1 aliphatic carbocycles. The van der Waals surface area contributed by atoms with Crippen molar-refractivity contribution in [1.82, 2.24) is 9.88 Å². The van der Waals surface area contributed by atoms with Gasteiger partial charge < -0.3 is 10.0 Å². The van der Waals surface area contributed by atoms with Crippen LogP contribution in [-0.4, -0.2) is 50.1 Å². The van der Waals surface area contributed by atoms with E-state index >= 15 is 0 Å². The van der Waals surface area contributed by atoms with Crippen molar-refractivity contribution in [3.63, 3.8) is 0 Å². The average Bonchev–Trinajstić information content (AvgIpc) is 3.21. The highest BCUT2D eigenvalue weighted by Crippen LogP contribution is 2.37. The summed E-state index contributed by atoms with van der Waals surface area (Å²) in [5, 5.41) is 12.8. The lowest BCUT2D eigenvalue weighted by molar-refractivity contribution is -0.138. The fourth-order valence-electron chi connectivity index (χ4n) is 3.78. The zero-order valence-corrected chi connectivity index (χ0v) is 22.2. The summed E-state index contributed by atoms with van der Waals surface area (Å²) in [5.41, 5.74) is 0. The number of thioether (sulfide) groups is 2. The van der Waals surface area contributed by atoms with Crippen molar-refractivity contribution in [2.45, 2.75) is 72.8 Å². The molecule has 0 spiro atoms. The van der Waals surface area contributed by atoms with Gasteiger partial charge in [0.05, 0.1) is 10.4 Å². The quantitative estimate of drug-likeness (QED) is 0.261. The van der Waals surface area contributed by atoms with Crippen molar-refractivity contribution in [1.29, 1.82) is 0 Å². The van der Waals surface area contributed by atoms with E-state index in [0.29, 0.717) is 17.6 Å². The molecule has 10 heteroatoms. The molecule has 0 aliphatic heterocycles. The minimum atomic E-state index is -0.971. The Labute approximate surface area is 213 Å².